The molecule has 1 unspecified atom stereocenters. The molecule has 0 saturated carbocycles. The van der Waals surface area contributed by atoms with Crippen LogP contribution in [0, 0.1) is 11.7 Å². The van der Waals surface area contributed by atoms with Gasteiger partial charge >= 0.3 is 6.03 Å². The number of carbonyl (C=O) groups is 2. The Morgan fingerprint density at radius 2 is 1.96 bits per heavy atom. The predicted octanol–water partition coefficient (Wildman–Crippen LogP) is 2.46. The number of halogens is 1. The summed E-state index contributed by atoms with van der Waals surface area (Å²) >= 11 is 0. The Labute approximate surface area is 140 Å². The maximum atomic E-state index is 13.9. The number of hydrogen-bond acceptors (Lipinski definition) is 2. The van der Waals surface area contributed by atoms with E-state index in [-0.39, 0.29) is 30.2 Å². The van der Waals surface area contributed by atoms with Crippen LogP contribution in [0.2, 0.25) is 0 Å². The van der Waals surface area contributed by atoms with Crippen LogP contribution < -0.4 is 10.6 Å². The smallest absolute Gasteiger partial charge is 0.321 e. The maximum absolute atomic E-state index is 13.9. The van der Waals surface area contributed by atoms with Crippen molar-refractivity contribution in [2.24, 2.45) is 5.92 Å². The maximum Gasteiger partial charge on any atom is 0.321 e. The topological polar surface area (TPSA) is 66.4 Å². The number of benzene rings is 1. The normalized spacial score (nSPS) is 11.7. The molecule has 0 spiro atoms. The van der Waals surface area contributed by atoms with Gasteiger partial charge in [-0.1, -0.05) is 6.92 Å². The molecule has 6 nitrogen and oxygen atoms in total. The first kappa shape index (κ1) is 17.5. The second kappa shape index (κ2) is 7.63. The lowest BCUT2D eigenvalue weighted by Crippen LogP contribution is -2.39. The van der Waals surface area contributed by atoms with E-state index in [9.17, 15) is 14.0 Å². The molecule has 0 aliphatic carbocycles. The van der Waals surface area contributed by atoms with Crippen molar-refractivity contribution in [3.8, 4) is 5.69 Å². The summed E-state index contributed by atoms with van der Waals surface area (Å²) in [7, 11) is 3.16. The lowest BCUT2D eigenvalue weighted by atomic mass is 10.1. The average Bonchev–Trinajstić information content (AvgIpc) is 3.09. The van der Waals surface area contributed by atoms with E-state index in [0.717, 1.165) is 0 Å². The Morgan fingerprint density at radius 1 is 1.29 bits per heavy atom. The molecule has 128 valence electrons. The second-order valence-corrected chi connectivity index (χ2v) is 5.58. The van der Waals surface area contributed by atoms with Crippen molar-refractivity contribution in [1.29, 1.82) is 0 Å². The molecule has 1 aromatic carbocycles. The van der Waals surface area contributed by atoms with Crippen molar-refractivity contribution in [3.63, 3.8) is 0 Å². The Kier molecular flexibility index (Phi) is 5.57. The first-order valence-electron chi connectivity index (χ1n) is 7.59. The molecule has 24 heavy (non-hydrogen) atoms. The molecule has 1 atom stereocenters. The van der Waals surface area contributed by atoms with E-state index in [4.69, 9.17) is 0 Å². The van der Waals surface area contributed by atoms with Crippen LogP contribution in [0.1, 0.15) is 6.92 Å². The number of amides is 3. The molecule has 1 heterocycles. The SMILES string of the molecule is CNC(=O)C(C)CN(C)C(=O)Nc1ccc(F)c(-n2cccc2)c1. The highest BCUT2D eigenvalue weighted by Gasteiger charge is 2.17. The highest BCUT2D eigenvalue weighted by atomic mass is 19.1. The van der Waals surface area contributed by atoms with Gasteiger partial charge in [-0.2, -0.15) is 0 Å². The molecule has 7 heteroatoms. The van der Waals surface area contributed by atoms with Crippen LogP contribution in [0.25, 0.3) is 5.69 Å². The minimum Gasteiger partial charge on any atom is -0.359 e. The zero-order valence-corrected chi connectivity index (χ0v) is 13.9. The molecule has 0 bridgehead atoms. The Morgan fingerprint density at radius 3 is 2.58 bits per heavy atom. The molecule has 0 aliphatic heterocycles. The van der Waals surface area contributed by atoms with Gasteiger partial charge < -0.3 is 20.1 Å². The van der Waals surface area contributed by atoms with E-state index >= 15 is 0 Å². The van der Waals surface area contributed by atoms with Gasteiger partial charge in [0, 0.05) is 38.7 Å². The van der Waals surface area contributed by atoms with Crippen LogP contribution in [0.5, 0.6) is 0 Å². The number of carbonyl (C=O) groups excluding carboxylic acids is 2. The van der Waals surface area contributed by atoms with E-state index in [1.807, 2.05) is 0 Å². The second-order valence-electron chi connectivity index (χ2n) is 5.58. The van der Waals surface area contributed by atoms with Gasteiger partial charge in [-0.25, -0.2) is 9.18 Å². The predicted molar refractivity (Wildman–Crippen MR) is 90.6 cm³/mol. The summed E-state index contributed by atoms with van der Waals surface area (Å²) in [4.78, 5) is 25.2. The van der Waals surface area contributed by atoms with Crippen molar-refractivity contribution in [1.82, 2.24) is 14.8 Å². The Bertz CT molecular complexity index is 715. The quantitative estimate of drug-likeness (QED) is 0.883. The van der Waals surface area contributed by atoms with E-state index in [0.29, 0.717) is 11.4 Å². The van der Waals surface area contributed by atoms with E-state index in [2.05, 4.69) is 10.6 Å². The lowest BCUT2D eigenvalue weighted by molar-refractivity contribution is -0.124. The van der Waals surface area contributed by atoms with Crippen LogP contribution in [0.4, 0.5) is 14.9 Å². The minimum atomic E-state index is -0.384. The van der Waals surface area contributed by atoms with Crippen molar-refractivity contribution >= 4 is 17.6 Å². The standard InChI is InChI=1S/C17H21FN4O2/c1-12(16(23)19-2)11-21(3)17(24)20-13-6-7-14(18)15(10-13)22-8-4-5-9-22/h4-10,12H,11H2,1-3H3,(H,19,23)(H,20,24). The largest absolute Gasteiger partial charge is 0.359 e. The van der Waals surface area contributed by atoms with Gasteiger partial charge in [0.1, 0.15) is 5.82 Å². The molecule has 3 amide bonds. The van der Waals surface area contributed by atoms with Gasteiger partial charge in [-0.15, -0.1) is 0 Å². The van der Waals surface area contributed by atoms with Gasteiger partial charge in [0.2, 0.25) is 5.91 Å². The first-order chi connectivity index (χ1) is 11.4. The molecular formula is C17H21FN4O2. The Hall–Kier alpha value is -2.83. The van der Waals surface area contributed by atoms with Crippen LogP contribution >= 0.6 is 0 Å². The number of nitrogens with one attached hydrogen (secondary N) is 2. The molecule has 0 fully saturated rings. The molecule has 0 saturated heterocycles. The third kappa shape index (κ3) is 4.13. The summed E-state index contributed by atoms with van der Waals surface area (Å²) in [5.74, 6) is -0.841. The van der Waals surface area contributed by atoms with Crippen LogP contribution in [-0.2, 0) is 4.79 Å². The van der Waals surface area contributed by atoms with Gasteiger partial charge in [-0.05, 0) is 30.3 Å². The number of hydrogen-bond donors (Lipinski definition) is 2. The van der Waals surface area contributed by atoms with Gasteiger partial charge in [0.15, 0.2) is 0 Å². The van der Waals surface area contributed by atoms with Crippen molar-refractivity contribution in [2.75, 3.05) is 26.0 Å². The number of urea groups is 1. The monoisotopic (exact) mass is 332 g/mol. The fourth-order valence-electron chi connectivity index (χ4n) is 2.33. The molecular weight excluding hydrogens is 311 g/mol. The molecule has 2 aromatic rings. The third-order valence-electron chi connectivity index (χ3n) is 3.67. The molecule has 1 aromatic heterocycles. The Balaban J connectivity index is 2.06. The summed E-state index contributed by atoms with van der Waals surface area (Å²) < 4.78 is 15.6. The van der Waals surface area contributed by atoms with Crippen LogP contribution in [-0.4, -0.2) is 42.0 Å². The minimum absolute atomic E-state index is 0.133. The summed E-state index contributed by atoms with van der Waals surface area (Å²) in [5.41, 5.74) is 0.823. The third-order valence-corrected chi connectivity index (χ3v) is 3.67. The lowest BCUT2D eigenvalue weighted by Gasteiger charge is -2.21. The highest BCUT2D eigenvalue weighted by molar-refractivity contribution is 5.90. The first-order valence-corrected chi connectivity index (χ1v) is 7.59. The number of aromatic nitrogens is 1. The molecule has 0 radical (unpaired) electrons. The van der Waals surface area contributed by atoms with Crippen LogP contribution in [0.15, 0.2) is 42.7 Å². The van der Waals surface area contributed by atoms with E-state index < -0.39 is 0 Å². The summed E-state index contributed by atoms with van der Waals surface area (Å²) in [6, 6.07) is 7.57. The van der Waals surface area contributed by atoms with Crippen molar-refractivity contribution in [3.05, 3.63) is 48.5 Å². The molecule has 2 N–H and O–H groups in total. The van der Waals surface area contributed by atoms with Crippen LogP contribution in [0.3, 0.4) is 0 Å². The van der Waals surface area contributed by atoms with E-state index in [1.54, 1.807) is 56.2 Å². The fraction of sp³-hybridized carbons (Fsp3) is 0.294. The number of nitrogens with zero attached hydrogens (tertiary/aromatic N) is 2. The fourth-order valence-corrected chi connectivity index (χ4v) is 2.33. The summed E-state index contributed by atoms with van der Waals surface area (Å²) in [6.45, 7) is 2.02. The summed E-state index contributed by atoms with van der Waals surface area (Å²) in [5, 5.41) is 5.26. The van der Waals surface area contributed by atoms with E-state index in [1.165, 1.54) is 17.0 Å². The van der Waals surface area contributed by atoms with Gasteiger partial charge in [0.05, 0.1) is 11.6 Å². The number of anilines is 1. The summed E-state index contributed by atoms with van der Waals surface area (Å²) in [6.07, 6.45) is 3.45. The number of rotatable bonds is 5. The van der Waals surface area contributed by atoms with Crippen molar-refractivity contribution in [2.45, 2.75) is 6.92 Å². The van der Waals surface area contributed by atoms with Crippen molar-refractivity contribution < 1.29 is 14.0 Å². The van der Waals surface area contributed by atoms with Gasteiger partial charge in [-0.3, -0.25) is 4.79 Å². The zero-order chi connectivity index (χ0) is 17.7. The molecule has 0 aliphatic rings. The average molecular weight is 332 g/mol. The van der Waals surface area contributed by atoms with Gasteiger partial charge in [0.25, 0.3) is 0 Å². The highest BCUT2D eigenvalue weighted by Crippen LogP contribution is 2.19. The zero-order valence-electron chi connectivity index (χ0n) is 13.9. The molecule has 2 rings (SSSR count).